The molecule has 3 nitrogen and oxygen atoms in total. The number of nitrogens with zero attached hydrogens (tertiary/aromatic N) is 1. The van der Waals surface area contributed by atoms with Crippen molar-refractivity contribution in [3.05, 3.63) is 42.1 Å². The number of hydrogen-bond donors (Lipinski definition) is 1. The highest BCUT2D eigenvalue weighted by Crippen LogP contribution is 2.44. The number of rotatable bonds is 3. The molecular weight excluding hydrogens is 248 g/mol. The van der Waals surface area contributed by atoms with Gasteiger partial charge in [-0.1, -0.05) is 12.1 Å². The minimum Gasteiger partial charge on any atom is -0.375 e. The van der Waals surface area contributed by atoms with Gasteiger partial charge in [0, 0.05) is 23.5 Å². The molecule has 0 aliphatic carbocycles. The Morgan fingerprint density at radius 1 is 1.30 bits per heavy atom. The van der Waals surface area contributed by atoms with Gasteiger partial charge >= 0.3 is 0 Å². The largest absolute Gasteiger partial charge is 0.375 e. The molecule has 0 radical (unpaired) electrons. The number of hydrogen-bond acceptors (Lipinski definition) is 3. The maximum Gasteiger partial charge on any atom is 0.0702 e. The lowest BCUT2D eigenvalue weighted by molar-refractivity contribution is 0.0863. The van der Waals surface area contributed by atoms with Crippen LogP contribution in [0.25, 0.3) is 10.9 Å². The van der Waals surface area contributed by atoms with Gasteiger partial charge in [0.05, 0.1) is 17.7 Å². The van der Waals surface area contributed by atoms with Crippen LogP contribution in [0.3, 0.4) is 0 Å². The summed E-state index contributed by atoms with van der Waals surface area (Å²) in [5.41, 5.74) is 2.42. The lowest BCUT2D eigenvalue weighted by Crippen LogP contribution is -2.31. The molecule has 4 unspecified atom stereocenters. The van der Waals surface area contributed by atoms with Crippen LogP contribution >= 0.6 is 0 Å². The van der Waals surface area contributed by atoms with Crippen molar-refractivity contribution in [3.8, 4) is 0 Å². The van der Waals surface area contributed by atoms with Crippen LogP contribution in [0.1, 0.15) is 30.9 Å². The molecule has 2 aliphatic heterocycles. The van der Waals surface area contributed by atoms with Crippen molar-refractivity contribution in [2.75, 3.05) is 7.05 Å². The molecule has 3 heteroatoms. The summed E-state index contributed by atoms with van der Waals surface area (Å²) >= 11 is 0. The summed E-state index contributed by atoms with van der Waals surface area (Å²) in [6.45, 7) is 0. The summed E-state index contributed by atoms with van der Waals surface area (Å²) in [5.74, 6) is 0.605. The van der Waals surface area contributed by atoms with Gasteiger partial charge in [-0.15, -0.1) is 0 Å². The van der Waals surface area contributed by atoms with Gasteiger partial charge in [-0.05, 0) is 50.1 Å². The van der Waals surface area contributed by atoms with Gasteiger partial charge < -0.3 is 10.1 Å². The van der Waals surface area contributed by atoms with E-state index in [1.54, 1.807) is 0 Å². The fourth-order valence-corrected chi connectivity index (χ4v) is 3.94. The van der Waals surface area contributed by atoms with Gasteiger partial charge in [-0.2, -0.15) is 0 Å². The Labute approximate surface area is 119 Å². The number of nitrogens with one attached hydrogen (secondary N) is 1. The Kier molecular flexibility index (Phi) is 2.97. The van der Waals surface area contributed by atoms with Crippen LogP contribution in [-0.4, -0.2) is 24.2 Å². The monoisotopic (exact) mass is 268 g/mol. The molecule has 2 fully saturated rings. The highest BCUT2D eigenvalue weighted by molar-refractivity contribution is 5.79. The third kappa shape index (κ3) is 1.93. The molecule has 2 aromatic rings. The van der Waals surface area contributed by atoms with E-state index in [-0.39, 0.29) is 0 Å². The van der Waals surface area contributed by atoms with Gasteiger partial charge in [0.1, 0.15) is 0 Å². The van der Waals surface area contributed by atoms with Crippen molar-refractivity contribution in [1.29, 1.82) is 0 Å². The van der Waals surface area contributed by atoms with Crippen molar-refractivity contribution in [2.24, 2.45) is 5.92 Å². The molecule has 4 atom stereocenters. The third-order valence-corrected chi connectivity index (χ3v) is 4.88. The quantitative estimate of drug-likeness (QED) is 0.929. The van der Waals surface area contributed by atoms with Gasteiger partial charge in [0.2, 0.25) is 0 Å². The highest BCUT2D eigenvalue weighted by atomic mass is 16.5. The molecular formula is C17H20N2O. The van der Waals surface area contributed by atoms with Crippen LogP contribution in [0.5, 0.6) is 0 Å². The van der Waals surface area contributed by atoms with Crippen molar-refractivity contribution >= 4 is 10.9 Å². The Hall–Kier alpha value is -1.45. The first-order chi connectivity index (χ1) is 9.85. The second kappa shape index (κ2) is 4.83. The average molecular weight is 268 g/mol. The maximum atomic E-state index is 6.02. The van der Waals surface area contributed by atoms with Crippen LogP contribution in [-0.2, 0) is 4.74 Å². The van der Waals surface area contributed by atoms with E-state index < -0.39 is 0 Å². The molecule has 1 aromatic heterocycles. The van der Waals surface area contributed by atoms with Gasteiger partial charge in [-0.25, -0.2) is 0 Å². The number of benzene rings is 1. The number of pyridine rings is 1. The predicted molar refractivity (Wildman–Crippen MR) is 79.5 cm³/mol. The van der Waals surface area contributed by atoms with Crippen molar-refractivity contribution in [3.63, 3.8) is 0 Å². The fourth-order valence-electron chi connectivity index (χ4n) is 3.94. The molecule has 20 heavy (non-hydrogen) atoms. The zero-order valence-electron chi connectivity index (χ0n) is 11.8. The van der Waals surface area contributed by atoms with E-state index in [9.17, 15) is 0 Å². The maximum absolute atomic E-state index is 6.02. The Balaban J connectivity index is 1.68. The molecule has 1 N–H and O–H groups in total. The second-order valence-electron chi connectivity index (χ2n) is 6.00. The van der Waals surface area contributed by atoms with Crippen LogP contribution in [0.15, 0.2) is 36.5 Å². The normalized spacial score (nSPS) is 29.9. The van der Waals surface area contributed by atoms with Crippen LogP contribution < -0.4 is 5.32 Å². The van der Waals surface area contributed by atoms with E-state index in [2.05, 4.69) is 41.6 Å². The van der Waals surface area contributed by atoms with Gasteiger partial charge in [0.25, 0.3) is 0 Å². The van der Waals surface area contributed by atoms with Crippen LogP contribution in [0.4, 0.5) is 0 Å². The van der Waals surface area contributed by atoms with E-state index in [0.29, 0.717) is 24.2 Å². The predicted octanol–water partition coefficient (Wildman–Crippen LogP) is 3.06. The van der Waals surface area contributed by atoms with Crippen LogP contribution in [0.2, 0.25) is 0 Å². The molecule has 2 saturated heterocycles. The molecule has 0 amide bonds. The van der Waals surface area contributed by atoms with Gasteiger partial charge in [0.15, 0.2) is 0 Å². The smallest absolute Gasteiger partial charge is 0.0702 e. The van der Waals surface area contributed by atoms with E-state index in [0.717, 1.165) is 5.52 Å². The van der Waals surface area contributed by atoms with E-state index in [4.69, 9.17) is 4.74 Å². The molecule has 2 aliphatic rings. The summed E-state index contributed by atoms with van der Waals surface area (Å²) in [6, 6.07) is 11.1. The Morgan fingerprint density at radius 2 is 2.25 bits per heavy atom. The summed E-state index contributed by atoms with van der Waals surface area (Å²) < 4.78 is 6.02. The lowest BCUT2D eigenvalue weighted by atomic mass is 9.81. The summed E-state index contributed by atoms with van der Waals surface area (Å²) in [7, 11) is 2.06. The first kappa shape index (κ1) is 12.3. The number of aromatic nitrogens is 1. The molecule has 1 aromatic carbocycles. The molecule has 0 saturated carbocycles. The minimum absolute atomic E-state index is 0.384. The first-order valence-electron chi connectivity index (χ1n) is 7.52. The average Bonchev–Trinajstić information content (AvgIpc) is 3.11. The molecule has 2 bridgehead atoms. The zero-order chi connectivity index (χ0) is 13.5. The van der Waals surface area contributed by atoms with Crippen molar-refractivity contribution < 1.29 is 4.74 Å². The minimum atomic E-state index is 0.384. The second-order valence-corrected chi connectivity index (χ2v) is 6.00. The molecule has 0 spiro atoms. The molecule has 104 valence electrons. The Morgan fingerprint density at radius 3 is 3.00 bits per heavy atom. The standard InChI is InChI=1S/C17H20N2O/c1-18-17(14-10-13-5-7-16(14)20-13)12-4-6-15-11(9-12)3-2-8-19-15/h2-4,6,8-9,13-14,16-18H,5,7,10H2,1H3. The molecule has 3 heterocycles. The Bertz CT molecular complexity index is 627. The first-order valence-corrected chi connectivity index (χ1v) is 7.52. The van der Waals surface area contributed by atoms with E-state index in [1.165, 1.54) is 30.2 Å². The van der Waals surface area contributed by atoms with Crippen molar-refractivity contribution in [2.45, 2.75) is 37.5 Å². The fraction of sp³-hybridized carbons (Fsp3) is 0.471. The zero-order valence-corrected chi connectivity index (χ0v) is 11.8. The van der Waals surface area contributed by atoms with E-state index in [1.807, 2.05) is 12.3 Å². The number of fused-ring (bicyclic) bond motifs is 3. The summed E-state index contributed by atoms with van der Waals surface area (Å²) in [4.78, 5) is 4.40. The highest BCUT2D eigenvalue weighted by Gasteiger charge is 2.44. The summed E-state index contributed by atoms with van der Waals surface area (Å²) in [5, 5.41) is 4.73. The topological polar surface area (TPSA) is 34.2 Å². The SMILES string of the molecule is CNC(c1ccc2ncccc2c1)C1CC2CCC1O2. The third-order valence-electron chi connectivity index (χ3n) is 4.88. The van der Waals surface area contributed by atoms with Crippen molar-refractivity contribution in [1.82, 2.24) is 10.3 Å². The van der Waals surface area contributed by atoms with Crippen LogP contribution in [0, 0.1) is 5.92 Å². The lowest BCUT2D eigenvalue weighted by Gasteiger charge is -2.28. The summed E-state index contributed by atoms with van der Waals surface area (Å²) in [6.07, 6.45) is 6.47. The van der Waals surface area contributed by atoms with Gasteiger partial charge in [-0.3, -0.25) is 4.98 Å². The molecule has 4 rings (SSSR count). The van der Waals surface area contributed by atoms with E-state index >= 15 is 0 Å². The number of ether oxygens (including phenoxy) is 1.